The first-order chi connectivity index (χ1) is 25.9. The summed E-state index contributed by atoms with van der Waals surface area (Å²) in [5.41, 5.74) is 16.5. The predicted molar refractivity (Wildman–Crippen MR) is 211 cm³/mol. The van der Waals surface area contributed by atoms with E-state index in [1.54, 1.807) is 0 Å². The lowest BCUT2D eigenvalue weighted by Gasteiger charge is -2.48. The number of rotatable bonds is 14. The minimum absolute atomic E-state index is 0.0144. The second-order valence-electron chi connectivity index (χ2n) is 18.0. The topological polar surface area (TPSA) is 105 Å². The van der Waals surface area contributed by atoms with E-state index in [0.29, 0.717) is 49.0 Å². The molecule has 6 nitrogen and oxygen atoms in total. The van der Waals surface area contributed by atoms with Crippen LogP contribution in [-0.2, 0) is 33.3 Å². The van der Waals surface area contributed by atoms with Crippen LogP contribution in [0.2, 0.25) is 0 Å². The first-order valence-electron chi connectivity index (χ1n) is 21.5. The number of carbonyl (C=O) groups is 2. The largest absolute Gasteiger partial charge is 0.426 e. The van der Waals surface area contributed by atoms with Crippen LogP contribution in [-0.4, -0.2) is 24.0 Å². The molecule has 298 valence electrons. The Morgan fingerprint density at radius 2 is 1.22 bits per heavy atom. The lowest BCUT2D eigenvalue weighted by atomic mass is 9.58. The van der Waals surface area contributed by atoms with Gasteiger partial charge in [-0.15, -0.1) is 0 Å². The SMILES string of the molecule is CCCCCC(=O)Oc1cc(F)c2c(c1)[C@@]1(C)CCCC(CCCCCCCC(=O)Oc3cc(F)c4c(c3)[C@@]3(C)CCCCC[C@@H](C4)[C@@H]3N)CC(C2)[C@@H]1N. The number of carbonyl (C=O) groups excluding carboxylic acids is 2. The monoisotopic (exact) mass is 748 g/mol. The van der Waals surface area contributed by atoms with Gasteiger partial charge in [0.1, 0.15) is 23.1 Å². The summed E-state index contributed by atoms with van der Waals surface area (Å²) in [4.78, 5) is 25.2. The fraction of sp³-hybridized carbons (Fsp3) is 0.696. The van der Waals surface area contributed by atoms with Crippen LogP contribution in [0.15, 0.2) is 24.3 Å². The van der Waals surface area contributed by atoms with Gasteiger partial charge in [-0.1, -0.05) is 97.8 Å². The van der Waals surface area contributed by atoms with Crippen molar-refractivity contribution in [3.8, 4) is 11.5 Å². The fourth-order valence-electron chi connectivity index (χ4n) is 10.8. The van der Waals surface area contributed by atoms with Gasteiger partial charge in [0.15, 0.2) is 0 Å². The van der Waals surface area contributed by atoms with Crippen molar-refractivity contribution in [2.24, 2.45) is 29.2 Å². The molecule has 4 aliphatic carbocycles. The summed E-state index contributed by atoms with van der Waals surface area (Å²) in [7, 11) is 0. The van der Waals surface area contributed by atoms with E-state index in [2.05, 4.69) is 20.8 Å². The highest BCUT2D eigenvalue weighted by molar-refractivity contribution is 5.73. The Morgan fingerprint density at radius 1 is 0.685 bits per heavy atom. The molecule has 0 saturated heterocycles. The van der Waals surface area contributed by atoms with Crippen LogP contribution in [0.5, 0.6) is 11.5 Å². The summed E-state index contributed by atoms with van der Waals surface area (Å²) in [6, 6.07) is 6.48. The molecule has 4 aliphatic rings. The second kappa shape index (κ2) is 18.0. The molecule has 2 aromatic rings. The Balaban J connectivity index is 0.941. The summed E-state index contributed by atoms with van der Waals surface area (Å²) in [5.74, 6) is 0.511. The summed E-state index contributed by atoms with van der Waals surface area (Å²) in [5, 5.41) is 0. The quantitative estimate of drug-likeness (QED) is 0.113. The number of halogens is 2. The molecule has 0 aliphatic heterocycles. The van der Waals surface area contributed by atoms with Crippen molar-refractivity contribution in [3.63, 3.8) is 0 Å². The molecule has 2 aromatic carbocycles. The van der Waals surface area contributed by atoms with Crippen LogP contribution < -0.4 is 20.9 Å². The van der Waals surface area contributed by atoms with Crippen molar-refractivity contribution in [1.82, 2.24) is 0 Å². The summed E-state index contributed by atoms with van der Waals surface area (Å²) < 4.78 is 42.3. The summed E-state index contributed by atoms with van der Waals surface area (Å²) >= 11 is 0. The number of ether oxygens (including phenoxy) is 2. The number of benzene rings is 2. The smallest absolute Gasteiger partial charge is 0.311 e. The van der Waals surface area contributed by atoms with Gasteiger partial charge >= 0.3 is 11.9 Å². The van der Waals surface area contributed by atoms with Gasteiger partial charge in [0.25, 0.3) is 0 Å². The fourth-order valence-corrected chi connectivity index (χ4v) is 10.8. The number of hydrogen-bond donors (Lipinski definition) is 2. The second-order valence-corrected chi connectivity index (χ2v) is 18.0. The van der Waals surface area contributed by atoms with Gasteiger partial charge in [-0.05, 0) is 104 Å². The standard InChI is InChI=1S/C46H66F2N2O4/c1-4-5-10-19-41(51)53-34-27-38-36(40(48)29-34)25-32-23-30(17-15-22-46(38,3)44(32)50)16-11-7-6-8-13-20-42(52)54-33-26-37-35(39(47)28-33)24-31-18-12-9-14-21-45(37,2)43(31)49/h26-32,43-44H,4-25,49-50H2,1-3H3/t30?,31-,32?,43-,44-,45+,46+/m0/s1. The first kappa shape index (κ1) is 40.8. The average molecular weight is 749 g/mol. The van der Waals surface area contributed by atoms with Crippen LogP contribution in [0.4, 0.5) is 8.78 Å². The van der Waals surface area contributed by atoms with Gasteiger partial charge in [0.05, 0.1) is 0 Å². The molecule has 0 heterocycles. The Morgan fingerprint density at radius 3 is 1.85 bits per heavy atom. The van der Waals surface area contributed by atoms with E-state index in [1.807, 2.05) is 12.1 Å². The molecule has 0 amide bonds. The third-order valence-electron chi connectivity index (χ3n) is 14.1. The Labute approximate surface area is 322 Å². The van der Waals surface area contributed by atoms with E-state index >= 15 is 8.78 Å². The van der Waals surface area contributed by atoms with Gasteiger partial charge < -0.3 is 20.9 Å². The molecule has 0 spiro atoms. The van der Waals surface area contributed by atoms with Crippen molar-refractivity contribution in [2.45, 2.75) is 185 Å². The molecule has 6 rings (SSSR count). The lowest BCUT2D eigenvalue weighted by Crippen LogP contribution is -2.53. The van der Waals surface area contributed by atoms with Gasteiger partial charge in [-0.2, -0.15) is 0 Å². The van der Waals surface area contributed by atoms with E-state index in [1.165, 1.54) is 18.6 Å². The van der Waals surface area contributed by atoms with Crippen LogP contribution >= 0.6 is 0 Å². The number of esters is 2. The third-order valence-corrected chi connectivity index (χ3v) is 14.1. The van der Waals surface area contributed by atoms with Gasteiger partial charge in [0.2, 0.25) is 0 Å². The Kier molecular flexibility index (Phi) is 13.6. The summed E-state index contributed by atoms with van der Waals surface area (Å²) in [6.45, 7) is 6.44. The third kappa shape index (κ3) is 9.06. The molecule has 7 atom stereocenters. The van der Waals surface area contributed by atoms with Crippen molar-refractivity contribution in [1.29, 1.82) is 0 Å². The highest BCUT2D eigenvalue weighted by atomic mass is 19.1. The van der Waals surface area contributed by atoms with Crippen LogP contribution in [0.3, 0.4) is 0 Å². The molecule has 2 saturated carbocycles. The van der Waals surface area contributed by atoms with E-state index in [0.717, 1.165) is 131 Å². The summed E-state index contributed by atoms with van der Waals surface area (Å²) in [6.07, 6.45) is 20.3. The lowest BCUT2D eigenvalue weighted by molar-refractivity contribution is -0.135. The number of nitrogens with two attached hydrogens (primary N) is 2. The van der Waals surface area contributed by atoms with Crippen molar-refractivity contribution < 1.29 is 27.8 Å². The molecule has 0 radical (unpaired) electrons. The Hall–Kier alpha value is -2.84. The zero-order valence-corrected chi connectivity index (χ0v) is 33.3. The van der Waals surface area contributed by atoms with Crippen LogP contribution in [0.1, 0.15) is 171 Å². The minimum atomic E-state index is -0.354. The van der Waals surface area contributed by atoms with Gasteiger partial charge in [-0.25, -0.2) is 8.78 Å². The first-order valence-corrected chi connectivity index (χ1v) is 21.5. The molecule has 2 unspecified atom stereocenters. The molecule has 4 N–H and O–H groups in total. The number of unbranched alkanes of at least 4 members (excludes halogenated alkanes) is 6. The molecular weight excluding hydrogens is 683 g/mol. The normalized spacial score (nSPS) is 29.1. The maximum atomic E-state index is 15.6. The molecule has 54 heavy (non-hydrogen) atoms. The van der Waals surface area contributed by atoms with E-state index < -0.39 is 0 Å². The highest BCUT2D eigenvalue weighted by Crippen LogP contribution is 2.50. The zero-order valence-electron chi connectivity index (χ0n) is 33.3. The van der Waals surface area contributed by atoms with Crippen molar-refractivity contribution in [3.05, 3.63) is 58.2 Å². The number of fused-ring (bicyclic) bond motifs is 8. The molecule has 4 bridgehead atoms. The minimum Gasteiger partial charge on any atom is -0.426 e. The van der Waals surface area contributed by atoms with Gasteiger partial charge in [-0.3, -0.25) is 9.59 Å². The van der Waals surface area contributed by atoms with Crippen molar-refractivity contribution in [2.75, 3.05) is 0 Å². The maximum absolute atomic E-state index is 15.6. The maximum Gasteiger partial charge on any atom is 0.311 e. The number of hydrogen-bond acceptors (Lipinski definition) is 6. The predicted octanol–water partition coefficient (Wildman–Crippen LogP) is 10.5. The zero-order chi connectivity index (χ0) is 38.5. The van der Waals surface area contributed by atoms with Crippen LogP contribution in [0, 0.1) is 29.4 Å². The Bertz CT molecular complexity index is 1630. The molecule has 2 fully saturated rings. The average Bonchev–Trinajstić information content (AvgIpc) is 3.12. The highest BCUT2D eigenvalue weighted by Gasteiger charge is 2.47. The van der Waals surface area contributed by atoms with E-state index in [9.17, 15) is 9.59 Å². The van der Waals surface area contributed by atoms with Crippen molar-refractivity contribution >= 4 is 11.9 Å². The van der Waals surface area contributed by atoms with E-state index in [-0.39, 0.29) is 52.4 Å². The molecule has 8 heteroatoms. The van der Waals surface area contributed by atoms with E-state index in [4.69, 9.17) is 20.9 Å². The molecule has 0 aromatic heterocycles. The molecular formula is C46H66F2N2O4. The van der Waals surface area contributed by atoms with Gasteiger partial charge in [0, 0.05) is 47.9 Å². The van der Waals surface area contributed by atoms with Crippen LogP contribution in [0.25, 0.3) is 0 Å².